The Morgan fingerprint density at radius 2 is 1.78 bits per heavy atom. The second kappa shape index (κ2) is 8.45. The smallest absolute Gasteiger partial charge is 0.328 e. The van der Waals surface area contributed by atoms with E-state index in [1.54, 1.807) is 12.1 Å². The third-order valence-corrected chi connectivity index (χ3v) is 4.38. The predicted molar refractivity (Wildman–Crippen MR) is 102 cm³/mol. The van der Waals surface area contributed by atoms with Crippen LogP contribution in [0.1, 0.15) is 11.1 Å². The molecule has 1 N–H and O–H groups in total. The van der Waals surface area contributed by atoms with Gasteiger partial charge >= 0.3 is 5.97 Å². The summed E-state index contributed by atoms with van der Waals surface area (Å²) in [6.07, 6.45) is 0.295. The summed E-state index contributed by atoms with van der Waals surface area (Å²) in [5.41, 5.74) is 1.48. The van der Waals surface area contributed by atoms with E-state index in [0.717, 1.165) is 16.3 Å². The lowest BCUT2D eigenvalue weighted by atomic mass is 9.98. The second-order valence-electron chi connectivity index (χ2n) is 6.29. The zero-order valence-electron chi connectivity index (χ0n) is 14.9. The fourth-order valence-corrected chi connectivity index (χ4v) is 3.10. The van der Waals surface area contributed by atoms with Crippen molar-refractivity contribution in [3.63, 3.8) is 0 Å². The molecule has 0 saturated heterocycles. The van der Waals surface area contributed by atoms with Gasteiger partial charge in [-0.1, -0.05) is 54.6 Å². The van der Waals surface area contributed by atoms with E-state index in [4.69, 9.17) is 4.74 Å². The molecule has 0 aliphatic carbocycles. The highest BCUT2D eigenvalue weighted by molar-refractivity contribution is 5.88. The van der Waals surface area contributed by atoms with Gasteiger partial charge < -0.3 is 10.1 Å². The van der Waals surface area contributed by atoms with E-state index in [1.165, 1.54) is 19.2 Å². The Morgan fingerprint density at radius 1 is 1.04 bits per heavy atom. The summed E-state index contributed by atoms with van der Waals surface area (Å²) in [4.78, 5) is 24.6. The molecule has 0 heterocycles. The zero-order valence-corrected chi connectivity index (χ0v) is 14.9. The summed E-state index contributed by atoms with van der Waals surface area (Å²) >= 11 is 0. The number of methoxy groups -OCH3 is 1. The Kier molecular flexibility index (Phi) is 5.81. The van der Waals surface area contributed by atoms with Crippen molar-refractivity contribution >= 4 is 22.6 Å². The van der Waals surface area contributed by atoms with Gasteiger partial charge in [-0.3, -0.25) is 4.79 Å². The topological polar surface area (TPSA) is 55.4 Å². The number of halogens is 1. The first kappa shape index (κ1) is 18.6. The number of carbonyl (C=O) groups is 2. The average molecular weight is 365 g/mol. The van der Waals surface area contributed by atoms with Gasteiger partial charge in [0.1, 0.15) is 11.9 Å². The molecule has 0 bridgehead atoms. The van der Waals surface area contributed by atoms with Crippen molar-refractivity contribution in [2.24, 2.45) is 0 Å². The van der Waals surface area contributed by atoms with Crippen LogP contribution in [0.25, 0.3) is 10.8 Å². The number of amides is 1. The highest BCUT2D eigenvalue weighted by Crippen LogP contribution is 2.20. The molecule has 0 aliphatic rings. The monoisotopic (exact) mass is 365 g/mol. The number of carbonyl (C=O) groups excluding carboxylic acids is 2. The minimum Gasteiger partial charge on any atom is -0.467 e. The number of hydrogen-bond acceptors (Lipinski definition) is 3. The first-order chi connectivity index (χ1) is 13.1. The number of rotatable bonds is 6. The standard InChI is InChI=1S/C22H20FNO3/c1-27-22(26)20(24-21(25)13-15-6-4-10-18(23)12-15)14-17-9-5-8-16-7-2-3-11-19(16)17/h2-12,20H,13-14H2,1H3,(H,24,25)/t20-/m0/s1. The van der Waals surface area contributed by atoms with E-state index in [0.29, 0.717) is 12.0 Å². The van der Waals surface area contributed by atoms with Gasteiger partial charge in [-0.25, -0.2) is 9.18 Å². The number of ether oxygens (including phenoxy) is 1. The molecule has 3 aromatic carbocycles. The number of esters is 1. The molecule has 5 heteroatoms. The lowest BCUT2D eigenvalue weighted by Crippen LogP contribution is -2.43. The maximum absolute atomic E-state index is 13.3. The molecule has 0 saturated carbocycles. The van der Waals surface area contributed by atoms with Crippen molar-refractivity contribution < 1.29 is 18.7 Å². The molecular weight excluding hydrogens is 345 g/mol. The minimum atomic E-state index is -0.818. The molecule has 0 radical (unpaired) electrons. The van der Waals surface area contributed by atoms with E-state index in [1.807, 2.05) is 42.5 Å². The van der Waals surface area contributed by atoms with Crippen LogP contribution < -0.4 is 5.32 Å². The highest BCUT2D eigenvalue weighted by Gasteiger charge is 2.23. The SMILES string of the molecule is COC(=O)[C@H](Cc1cccc2ccccc12)NC(=O)Cc1cccc(F)c1. The van der Waals surface area contributed by atoms with Gasteiger partial charge in [0.05, 0.1) is 13.5 Å². The maximum atomic E-state index is 13.3. The predicted octanol–water partition coefficient (Wildman–Crippen LogP) is 3.42. The molecule has 0 spiro atoms. The van der Waals surface area contributed by atoms with E-state index in [-0.39, 0.29) is 12.3 Å². The van der Waals surface area contributed by atoms with Crippen LogP contribution in [0.2, 0.25) is 0 Å². The summed E-state index contributed by atoms with van der Waals surface area (Å²) < 4.78 is 18.1. The van der Waals surface area contributed by atoms with Crippen molar-refractivity contribution in [1.82, 2.24) is 5.32 Å². The average Bonchev–Trinajstić information content (AvgIpc) is 2.67. The molecule has 0 aromatic heterocycles. The largest absolute Gasteiger partial charge is 0.467 e. The quantitative estimate of drug-likeness (QED) is 0.681. The third kappa shape index (κ3) is 4.70. The van der Waals surface area contributed by atoms with Crippen LogP contribution in [-0.4, -0.2) is 25.0 Å². The molecule has 3 rings (SSSR count). The van der Waals surface area contributed by atoms with Gasteiger partial charge in [0, 0.05) is 6.42 Å². The van der Waals surface area contributed by atoms with Crippen LogP contribution in [0.3, 0.4) is 0 Å². The fourth-order valence-electron chi connectivity index (χ4n) is 3.10. The normalized spacial score (nSPS) is 11.8. The first-order valence-electron chi connectivity index (χ1n) is 8.65. The third-order valence-electron chi connectivity index (χ3n) is 4.38. The van der Waals surface area contributed by atoms with Gasteiger partial charge in [0.15, 0.2) is 0 Å². The Hall–Kier alpha value is -3.21. The molecular formula is C22H20FNO3. The Bertz CT molecular complexity index is 965. The number of fused-ring (bicyclic) bond motifs is 1. The lowest BCUT2D eigenvalue weighted by molar-refractivity contribution is -0.145. The van der Waals surface area contributed by atoms with Gasteiger partial charge in [-0.15, -0.1) is 0 Å². The Morgan fingerprint density at radius 3 is 2.56 bits per heavy atom. The van der Waals surface area contributed by atoms with Gasteiger partial charge in [0.25, 0.3) is 0 Å². The van der Waals surface area contributed by atoms with Crippen LogP contribution in [-0.2, 0) is 27.2 Å². The summed E-state index contributed by atoms with van der Waals surface area (Å²) in [5, 5.41) is 4.79. The van der Waals surface area contributed by atoms with Crippen molar-refractivity contribution in [2.75, 3.05) is 7.11 Å². The lowest BCUT2D eigenvalue weighted by Gasteiger charge is -2.18. The number of benzene rings is 3. The van der Waals surface area contributed by atoms with E-state index in [2.05, 4.69) is 5.32 Å². The molecule has 27 heavy (non-hydrogen) atoms. The van der Waals surface area contributed by atoms with Crippen LogP contribution in [0.4, 0.5) is 4.39 Å². The van der Waals surface area contributed by atoms with Crippen LogP contribution in [0.5, 0.6) is 0 Å². The molecule has 1 atom stereocenters. The first-order valence-corrected chi connectivity index (χ1v) is 8.65. The van der Waals surface area contributed by atoms with Gasteiger partial charge in [0.2, 0.25) is 5.91 Å². The second-order valence-corrected chi connectivity index (χ2v) is 6.29. The molecule has 1 amide bonds. The van der Waals surface area contributed by atoms with Crippen molar-refractivity contribution in [1.29, 1.82) is 0 Å². The van der Waals surface area contributed by atoms with Crippen LogP contribution in [0, 0.1) is 5.82 Å². The molecule has 0 fully saturated rings. The van der Waals surface area contributed by atoms with Crippen LogP contribution >= 0.6 is 0 Å². The number of hydrogen-bond donors (Lipinski definition) is 1. The molecule has 0 aliphatic heterocycles. The summed E-state index contributed by atoms with van der Waals surface area (Å²) in [6.45, 7) is 0. The van der Waals surface area contributed by atoms with Crippen molar-refractivity contribution in [3.05, 3.63) is 83.7 Å². The Balaban J connectivity index is 1.77. The summed E-state index contributed by atoms with van der Waals surface area (Å²) in [6, 6.07) is 18.7. The molecule has 4 nitrogen and oxygen atoms in total. The van der Waals surface area contributed by atoms with Crippen molar-refractivity contribution in [3.8, 4) is 0 Å². The number of nitrogens with one attached hydrogen (secondary N) is 1. The van der Waals surface area contributed by atoms with Gasteiger partial charge in [-0.05, 0) is 34.0 Å². The molecule has 0 unspecified atom stereocenters. The van der Waals surface area contributed by atoms with Crippen LogP contribution in [0.15, 0.2) is 66.7 Å². The van der Waals surface area contributed by atoms with Crippen molar-refractivity contribution in [2.45, 2.75) is 18.9 Å². The maximum Gasteiger partial charge on any atom is 0.328 e. The van der Waals surface area contributed by atoms with E-state index < -0.39 is 17.8 Å². The van der Waals surface area contributed by atoms with Gasteiger partial charge in [-0.2, -0.15) is 0 Å². The summed E-state index contributed by atoms with van der Waals surface area (Å²) in [5.74, 6) is -1.28. The van der Waals surface area contributed by atoms with E-state index >= 15 is 0 Å². The molecule has 3 aromatic rings. The highest BCUT2D eigenvalue weighted by atomic mass is 19.1. The zero-order chi connectivity index (χ0) is 19.2. The molecule has 138 valence electrons. The van der Waals surface area contributed by atoms with E-state index in [9.17, 15) is 14.0 Å². The fraction of sp³-hybridized carbons (Fsp3) is 0.182. The Labute approximate surface area is 157 Å². The minimum absolute atomic E-state index is 0.0131. The summed E-state index contributed by atoms with van der Waals surface area (Å²) in [7, 11) is 1.29.